The Hall–Kier alpha value is -6.00. The number of nitrogens with zero attached hydrogens (tertiary/aromatic N) is 4. The van der Waals surface area contributed by atoms with Crippen molar-refractivity contribution >= 4 is 21.8 Å². The van der Waals surface area contributed by atoms with Gasteiger partial charge >= 0.3 is 0 Å². The third kappa shape index (κ3) is 4.69. The highest BCUT2D eigenvalue weighted by Gasteiger charge is 2.19. The summed E-state index contributed by atoms with van der Waals surface area (Å²) in [6.45, 7) is 0. The lowest BCUT2D eigenvalue weighted by Gasteiger charge is -2.15. The molecule has 0 amide bonds. The Morgan fingerprint density at radius 1 is 0.295 bits per heavy atom. The second-order valence-corrected chi connectivity index (χ2v) is 10.7. The van der Waals surface area contributed by atoms with Crippen LogP contribution in [0.5, 0.6) is 0 Å². The fourth-order valence-corrected chi connectivity index (χ4v) is 5.72. The van der Waals surface area contributed by atoms with Crippen LogP contribution in [0, 0.1) is 0 Å². The molecule has 0 saturated heterocycles. The maximum atomic E-state index is 5.26. The molecule has 0 aliphatic carbocycles. The van der Waals surface area contributed by atoms with Gasteiger partial charge in [0.1, 0.15) is 0 Å². The normalized spacial score (nSPS) is 11.2. The van der Waals surface area contributed by atoms with Crippen LogP contribution in [0.2, 0.25) is 0 Å². The first-order valence-corrected chi connectivity index (χ1v) is 14.7. The molecule has 6 aromatic carbocycles. The smallest absolute Gasteiger partial charge is 0.160 e. The number of benzene rings is 6. The van der Waals surface area contributed by atoms with Crippen LogP contribution in [-0.2, 0) is 0 Å². The van der Waals surface area contributed by atoms with Crippen molar-refractivity contribution in [2.24, 2.45) is 0 Å². The molecule has 0 radical (unpaired) electrons. The lowest BCUT2D eigenvalue weighted by atomic mass is 9.99. The van der Waals surface area contributed by atoms with Gasteiger partial charge in [-0.3, -0.25) is 0 Å². The fourth-order valence-electron chi connectivity index (χ4n) is 5.72. The first-order chi connectivity index (χ1) is 21.8. The number of aromatic nitrogens is 4. The molecule has 4 heteroatoms. The number of rotatable bonds is 5. The molecule has 8 aromatic rings. The number of fused-ring (bicyclic) bond motifs is 3. The van der Waals surface area contributed by atoms with Crippen LogP contribution in [0.4, 0.5) is 0 Å². The second kappa shape index (κ2) is 11.0. The van der Waals surface area contributed by atoms with E-state index in [0.29, 0.717) is 11.6 Å². The molecule has 0 atom stereocenters. The summed E-state index contributed by atoms with van der Waals surface area (Å²) in [5.74, 6) is 1.35. The van der Waals surface area contributed by atoms with E-state index in [9.17, 15) is 0 Å². The van der Waals surface area contributed by atoms with Gasteiger partial charge in [0.25, 0.3) is 0 Å². The molecule has 2 heterocycles. The molecule has 2 aromatic heterocycles. The molecule has 8 rings (SSSR count). The average Bonchev–Trinajstić information content (AvgIpc) is 3.12. The minimum Gasteiger partial charge on any atom is -0.228 e. The van der Waals surface area contributed by atoms with E-state index < -0.39 is 0 Å². The molecule has 206 valence electrons. The van der Waals surface area contributed by atoms with Crippen molar-refractivity contribution < 1.29 is 0 Å². The molecule has 0 bridgehead atoms. The first kappa shape index (κ1) is 25.7. The van der Waals surface area contributed by atoms with Crippen molar-refractivity contribution in [2.45, 2.75) is 0 Å². The largest absolute Gasteiger partial charge is 0.228 e. The molecule has 0 unspecified atom stereocenters. The van der Waals surface area contributed by atoms with Crippen molar-refractivity contribution in [3.8, 4) is 56.4 Å². The molecule has 0 spiro atoms. The van der Waals surface area contributed by atoms with Crippen LogP contribution < -0.4 is 0 Å². The Kier molecular flexibility index (Phi) is 6.43. The van der Waals surface area contributed by atoms with Gasteiger partial charge in [0, 0.05) is 27.6 Å². The minimum absolute atomic E-state index is 0.662. The third-order valence-electron chi connectivity index (χ3n) is 7.90. The van der Waals surface area contributed by atoms with E-state index in [-0.39, 0.29) is 0 Å². The van der Waals surface area contributed by atoms with Gasteiger partial charge in [-0.2, -0.15) is 0 Å². The van der Waals surface area contributed by atoms with Gasteiger partial charge in [-0.15, -0.1) is 0 Å². The molecule has 0 fully saturated rings. The van der Waals surface area contributed by atoms with Crippen LogP contribution in [0.1, 0.15) is 0 Å². The third-order valence-corrected chi connectivity index (χ3v) is 7.90. The van der Waals surface area contributed by atoms with Crippen LogP contribution in [0.15, 0.2) is 158 Å². The van der Waals surface area contributed by atoms with Gasteiger partial charge in [-0.05, 0) is 23.3 Å². The number of hydrogen-bond acceptors (Lipinski definition) is 4. The molecule has 0 aliphatic heterocycles. The van der Waals surface area contributed by atoms with Crippen molar-refractivity contribution in [1.82, 2.24) is 19.9 Å². The van der Waals surface area contributed by atoms with Gasteiger partial charge in [0.05, 0.1) is 27.8 Å². The van der Waals surface area contributed by atoms with Gasteiger partial charge in [0.2, 0.25) is 0 Å². The fraction of sp³-hybridized carbons (Fsp3) is 0. The van der Waals surface area contributed by atoms with Crippen molar-refractivity contribution in [3.63, 3.8) is 0 Å². The van der Waals surface area contributed by atoms with E-state index in [0.717, 1.165) is 61.0 Å². The maximum Gasteiger partial charge on any atom is 0.160 e. The Bertz CT molecular complexity index is 2230. The Morgan fingerprint density at radius 3 is 1.34 bits per heavy atom. The highest BCUT2D eigenvalue weighted by molar-refractivity contribution is 6.14. The summed E-state index contributed by atoms with van der Waals surface area (Å²) >= 11 is 0. The van der Waals surface area contributed by atoms with Crippen LogP contribution in [0.3, 0.4) is 0 Å². The predicted octanol–water partition coefficient (Wildman–Crippen LogP) is 9.91. The zero-order valence-electron chi connectivity index (χ0n) is 23.8. The molecule has 4 nitrogen and oxygen atoms in total. The molecule has 0 aliphatic rings. The van der Waals surface area contributed by atoms with Crippen LogP contribution >= 0.6 is 0 Å². The van der Waals surface area contributed by atoms with E-state index in [1.165, 1.54) is 5.56 Å². The summed E-state index contributed by atoms with van der Waals surface area (Å²) in [5.41, 5.74) is 9.69. The second-order valence-electron chi connectivity index (χ2n) is 10.7. The lowest BCUT2D eigenvalue weighted by Crippen LogP contribution is -2.00. The number of hydrogen-bond donors (Lipinski definition) is 0. The van der Waals surface area contributed by atoms with E-state index in [2.05, 4.69) is 84.9 Å². The monoisotopic (exact) mass is 562 g/mol. The lowest BCUT2D eigenvalue weighted by molar-refractivity contribution is 1.21. The predicted molar refractivity (Wildman–Crippen MR) is 180 cm³/mol. The topological polar surface area (TPSA) is 51.6 Å². The average molecular weight is 563 g/mol. The molecule has 44 heavy (non-hydrogen) atoms. The summed E-state index contributed by atoms with van der Waals surface area (Å²) < 4.78 is 0. The molecule has 0 N–H and O–H groups in total. The van der Waals surface area contributed by atoms with E-state index in [1.54, 1.807) is 0 Å². The quantitative estimate of drug-likeness (QED) is 0.196. The summed E-state index contributed by atoms with van der Waals surface area (Å²) in [4.78, 5) is 20.7. The van der Waals surface area contributed by atoms with Crippen LogP contribution in [0.25, 0.3) is 78.2 Å². The van der Waals surface area contributed by atoms with Crippen molar-refractivity contribution in [1.29, 1.82) is 0 Å². The van der Waals surface area contributed by atoms with Crippen LogP contribution in [-0.4, -0.2) is 19.9 Å². The van der Waals surface area contributed by atoms with Crippen molar-refractivity contribution in [2.75, 3.05) is 0 Å². The van der Waals surface area contributed by atoms with E-state index in [1.807, 2.05) is 72.8 Å². The molecular formula is C40H26N4. The van der Waals surface area contributed by atoms with E-state index >= 15 is 0 Å². The highest BCUT2D eigenvalue weighted by Crippen LogP contribution is 2.38. The SMILES string of the molecule is c1ccc(-c2ccc(-c3nc(-c4ccccc4)c4ccc5nc(-c6ccccc6)nc(-c6ccccc6)c5c4n3)cc2)cc1. The summed E-state index contributed by atoms with van der Waals surface area (Å²) in [6, 6.07) is 53.8. The Balaban J connectivity index is 1.42. The van der Waals surface area contributed by atoms with Gasteiger partial charge < -0.3 is 0 Å². The Labute approximate surface area is 255 Å². The zero-order chi connectivity index (χ0) is 29.3. The first-order valence-electron chi connectivity index (χ1n) is 14.7. The van der Waals surface area contributed by atoms with Gasteiger partial charge in [-0.1, -0.05) is 146 Å². The molecular weight excluding hydrogens is 536 g/mol. The van der Waals surface area contributed by atoms with Crippen molar-refractivity contribution in [3.05, 3.63) is 158 Å². The molecule has 0 saturated carbocycles. The summed E-state index contributed by atoms with van der Waals surface area (Å²) in [6.07, 6.45) is 0. The zero-order valence-corrected chi connectivity index (χ0v) is 23.8. The minimum atomic E-state index is 0.662. The maximum absolute atomic E-state index is 5.26. The summed E-state index contributed by atoms with van der Waals surface area (Å²) in [5, 5.41) is 1.87. The van der Waals surface area contributed by atoms with Gasteiger partial charge in [-0.25, -0.2) is 19.9 Å². The summed E-state index contributed by atoms with van der Waals surface area (Å²) in [7, 11) is 0. The Morgan fingerprint density at radius 2 is 0.727 bits per heavy atom. The van der Waals surface area contributed by atoms with E-state index in [4.69, 9.17) is 19.9 Å². The van der Waals surface area contributed by atoms with Gasteiger partial charge in [0.15, 0.2) is 11.6 Å². The standard InChI is InChI=1S/C40H26N4/c1-5-13-27(14-6-1)28-21-23-32(24-22-28)40-42-36(29-15-7-2-8-16-29)33-25-26-34-35(38(33)44-40)37(30-17-9-3-10-18-30)43-39(41-34)31-19-11-4-12-20-31/h1-26H. The highest BCUT2D eigenvalue weighted by atomic mass is 14.9.